The van der Waals surface area contributed by atoms with E-state index >= 15 is 0 Å². The fraction of sp³-hybridized carbons (Fsp3) is 0.476. The van der Waals surface area contributed by atoms with Gasteiger partial charge in [-0.2, -0.15) is 5.10 Å². The Morgan fingerprint density at radius 1 is 1.46 bits per heavy atom. The predicted octanol–water partition coefficient (Wildman–Crippen LogP) is 3.49. The number of hydrogen-bond donors (Lipinski definition) is 1. The van der Waals surface area contributed by atoms with Gasteiger partial charge in [0.1, 0.15) is 5.69 Å². The van der Waals surface area contributed by atoms with E-state index in [0.717, 1.165) is 37.9 Å². The number of hydrogen-bond acceptors (Lipinski definition) is 5. The average molecular weight is 381 g/mol. The maximum Gasteiger partial charge on any atom is 0.255 e. The lowest BCUT2D eigenvalue weighted by molar-refractivity contribution is 0.0694. The summed E-state index contributed by atoms with van der Waals surface area (Å²) < 4.78 is 7.42. The predicted molar refractivity (Wildman–Crippen MR) is 108 cm³/mol. The van der Waals surface area contributed by atoms with Crippen molar-refractivity contribution in [3.05, 3.63) is 36.2 Å². The van der Waals surface area contributed by atoms with E-state index in [1.54, 1.807) is 12.5 Å². The Balaban J connectivity index is 1.85. The number of nitrogens with zero attached hydrogens (tertiary/aromatic N) is 4. The van der Waals surface area contributed by atoms with Gasteiger partial charge >= 0.3 is 0 Å². The molecule has 1 aliphatic rings. The van der Waals surface area contributed by atoms with Crippen LogP contribution in [0.3, 0.4) is 0 Å². The molecule has 0 spiro atoms. The van der Waals surface area contributed by atoms with Gasteiger partial charge in [0.2, 0.25) is 0 Å². The SMILES string of the molecule is CCCN(C(=O)c1cc(-c2ccco2)nc2c1cnn2C(C)C)C1CCNC1. The van der Waals surface area contributed by atoms with Crippen LogP contribution in [0.2, 0.25) is 0 Å². The summed E-state index contributed by atoms with van der Waals surface area (Å²) in [7, 11) is 0. The minimum Gasteiger partial charge on any atom is -0.463 e. The van der Waals surface area contributed by atoms with Gasteiger partial charge in [-0.25, -0.2) is 9.67 Å². The van der Waals surface area contributed by atoms with Gasteiger partial charge in [0, 0.05) is 25.2 Å². The van der Waals surface area contributed by atoms with Gasteiger partial charge in [0.05, 0.1) is 23.4 Å². The van der Waals surface area contributed by atoms with Crippen LogP contribution in [0.15, 0.2) is 35.1 Å². The molecule has 3 aromatic heterocycles. The molecule has 1 fully saturated rings. The number of aromatic nitrogens is 3. The third-order valence-corrected chi connectivity index (χ3v) is 5.26. The van der Waals surface area contributed by atoms with E-state index in [1.165, 1.54) is 0 Å². The molecule has 7 nitrogen and oxygen atoms in total. The largest absolute Gasteiger partial charge is 0.463 e. The molecule has 1 unspecified atom stereocenters. The molecule has 3 aromatic rings. The minimum atomic E-state index is 0.0408. The normalized spacial score (nSPS) is 16.9. The van der Waals surface area contributed by atoms with Crippen molar-refractivity contribution in [2.45, 2.75) is 45.7 Å². The van der Waals surface area contributed by atoms with Crippen LogP contribution in [0.4, 0.5) is 0 Å². The van der Waals surface area contributed by atoms with Crippen LogP contribution in [0.5, 0.6) is 0 Å². The van der Waals surface area contributed by atoms with Crippen LogP contribution in [0.1, 0.15) is 50.0 Å². The third-order valence-electron chi connectivity index (χ3n) is 5.26. The van der Waals surface area contributed by atoms with Crippen LogP contribution in [0.25, 0.3) is 22.5 Å². The third kappa shape index (κ3) is 3.30. The first-order valence-corrected chi connectivity index (χ1v) is 10.0. The zero-order valence-electron chi connectivity index (χ0n) is 16.7. The van der Waals surface area contributed by atoms with E-state index in [4.69, 9.17) is 9.40 Å². The highest BCUT2D eigenvalue weighted by molar-refractivity contribution is 6.06. The summed E-state index contributed by atoms with van der Waals surface area (Å²) in [6.45, 7) is 8.76. The summed E-state index contributed by atoms with van der Waals surface area (Å²) in [5.41, 5.74) is 2.01. The molecule has 0 aliphatic carbocycles. The number of rotatable bonds is 6. The monoisotopic (exact) mass is 381 g/mol. The number of fused-ring (bicyclic) bond motifs is 1. The number of carbonyl (C=O) groups is 1. The minimum absolute atomic E-state index is 0.0408. The number of nitrogens with one attached hydrogen (secondary N) is 1. The highest BCUT2D eigenvalue weighted by atomic mass is 16.3. The first kappa shape index (κ1) is 18.7. The Labute approximate surface area is 164 Å². The molecular weight excluding hydrogens is 354 g/mol. The molecule has 1 atom stereocenters. The van der Waals surface area contributed by atoms with E-state index in [-0.39, 0.29) is 18.0 Å². The van der Waals surface area contributed by atoms with E-state index in [1.807, 2.05) is 27.8 Å². The Hall–Kier alpha value is -2.67. The fourth-order valence-electron chi connectivity index (χ4n) is 3.87. The van der Waals surface area contributed by atoms with Crippen molar-refractivity contribution in [3.8, 4) is 11.5 Å². The number of pyridine rings is 1. The van der Waals surface area contributed by atoms with E-state index < -0.39 is 0 Å². The number of carbonyl (C=O) groups excluding carboxylic acids is 1. The lowest BCUT2D eigenvalue weighted by atomic mass is 10.1. The molecule has 1 N–H and O–H groups in total. The molecule has 7 heteroatoms. The topological polar surface area (TPSA) is 76.2 Å². The maximum atomic E-state index is 13.6. The van der Waals surface area contributed by atoms with Gasteiger partial charge in [-0.3, -0.25) is 4.79 Å². The maximum absolute atomic E-state index is 13.6. The first-order chi connectivity index (χ1) is 13.6. The first-order valence-electron chi connectivity index (χ1n) is 10.0. The second kappa shape index (κ2) is 7.75. The van der Waals surface area contributed by atoms with Gasteiger partial charge < -0.3 is 14.6 Å². The Morgan fingerprint density at radius 3 is 2.96 bits per heavy atom. The van der Waals surface area contributed by atoms with Gasteiger partial charge in [-0.1, -0.05) is 6.92 Å². The Kier molecular flexibility index (Phi) is 5.17. The summed E-state index contributed by atoms with van der Waals surface area (Å²) in [6, 6.07) is 5.91. The summed E-state index contributed by atoms with van der Waals surface area (Å²) >= 11 is 0. The standard InChI is InChI=1S/C21H27N5O2/c1-4-9-25(15-7-8-22-12-15)21(27)16-11-18(19-6-5-10-28-19)24-20-17(16)13-23-26(20)14(2)3/h5-6,10-11,13-15,22H,4,7-9,12H2,1-3H3. The number of amides is 1. The van der Waals surface area contributed by atoms with Crippen LogP contribution in [-0.2, 0) is 0 Å². The van der Waals surface area contributed by atoms with Crippen LogP contribution in [0, 0.1) is 0 Å². The Bertz CT molecular complexity index is 955. The molecule has 0 aromatic carbocycles. The molecule has 4 heterocycles. The average Bonchev–Trinajstić information content (AvgIpc) is 3.45. The van der Waals surface area contributed by atoms with Crippen molar-refractivity contribution in [3.63, 3.8) is 0 Å². The van der Waals surface area contributed by atoms with Gasteiger partial charge in [0.15, 0.2) is 11.4 Å². The van der Waals surface area contributed by atoms with Crippen LogP contribution >= 0.6 is 0 Å². The van der Waals surface area contributed by atoms with Crippen molar-refractivity contribution in [2.75, 3.05) is 19.6 Å². The summed E-state index contributed by atoms with van der Waals surface area (Å²) in [5, 5.41) is 8.67. The van der Waals surface area contributed by atoms with Crippen LogP contribution < -0.4 is 5.32 Å². The van der Waals surface area contributed by atoms with Crippen molar-refractivity contribution in [1.82, 2.24) is 25.0 Å². The van der Waals surface area contributed by atoms with E-state index in [0.29, 0.717) is 22.7 Å². The van der Waals surface area contributed by atoms with Crippen molar-refractivity contribution < 1.29 is 9.21 Å². The zero-order chi connectivity index (χ0) is 19.7. The van der Waals surface area contributed by atoms with Crippen LogP contribution in [-0.4, -0.2) is 51.2 Å². The molecule has 4 rings (SSSR count). The lowest BCUT2D eigenvalue weighted by Crippen LogP contribution is -2.42. The summed E-state index contributed by atoms with van der Waals surface area (Å²) in [5.74, 6) is 0.691. The van der Waals surface area contributed by atoms with Crippen molar-refractivity contribution >= 4 is 16.9 Å². The van der Waals surface area contributed by atoms with Gasteiger partial charge in [-0.15, -0.1) is 0 Å². The second-order valence-corrected chi connectivity index (χ2v) is 7.60. The molecule has 0 saturated carbocycles. The Morgan fingerprint density at radius 2 is 2.32 bits per heavy atom. The summed E-state index contributed by atoms with van der Waals surface area (Å²) in [6.07, 6.45) is 5.29. The zero-order valence-corrected chi connectivity index (χ0v) is 16.7. The van der Waals surface area contributed by atoms with E-state index in [2.05, 4.69) is 31.2 Å². The highest BCUT2D eigenvalue weighted by Crippen LogP contribution is 2.28. The molecule has 1 saturated heterocycles. The fourth-order valence-corrected chi connectivity index (χ4v) is 3.87. The summed E-state index contributed by atoms with van der Waals surface area (Å²) in [4.78, 5) is 20.4. The highest BCUT2D eigenvalue weighted by Gasteiger charge is 2.29. The van der Waals surface area contributed by atoms with Crippen molar-refractivity contribution in [2.24, 2.45) is 0 Å². The molecule has 148 valence electrons. The molecular formula is C21H27N5O2. The molecule has 28 heavy (non-hydrogen) atoms. The molecule has 1 amide bonds. The van der Waals surface area contributed by atoms with Gasteiger partial charge in [-0.05, 0) is 51.4 Å². The molecule has 0 bridgehead atoms. The quantitative estimate of drug-likeness (QED) is 0.707. The second-order valence-electron chi connectivity index (χ2n) is 7.60. The lowest BCUT2D eigenvalue weighted by Gasteiger charge is -2.28. The molecule has 0 radical (unpaired) electrons. The molecule has 1 aliphatic heterocycles. The smallest absolute Gasteiger partial charge is 0.255 e. The van der Waals surface area contributed by atoms with Gasteiger partial charge in [0.25, 0.3) is 5.91 Å². The number of furan rings is 1. The van der Waals surface area contributed by atoms with E-state index in [9.17, 15) is 4.79 Å². The van der Waals surface area contributed by atoms with Crippen molar-refractivity contribution in [1.29, 1.82) is 0 Å².